The average molecular weight is 416 g/mol. The zero-order valence-corrected chi connectivity index (χ0v) is 18.5. The van der Waals surface area contributed by atoms with Crippen molar-refractivity contribution in [1.29, 1.82) is 0 Å². The van der Waals surface area contributed by atoms with Gasteiger partial charge in [-0.2, -0.15) is 5.10 Å². The van der Waals surface area contributed by atoms with E-state index in [2.05, 4.69) is 41.2 Å². The van der Waals surface area contributed by atoms with E-state index in [9.17, 15) is 4.79 Å². The number of hydrogen-bond donors (Lipinski definition) is 2. The largest absolute Gasteiger partial charge is 0.346 e. The minimum atomic E-state index is -0.158. The molecule has 0 bridgehead atoms. The molecule has 0 saturated heterocycles. The zero-order valence-electron chi connectivity index (χ0n) is 18.5. The van der Waals surface area contributed by atoms with Crippen LogP contribution in [0.4, 0.5) is 0 Å². The van der Waals surface area contributed by atoms with Crippen LogP contribution in [-0.4, -0.2) is 25.7 Å². The van der Waals surface area contributed by atoms with Crippen LogP contribution in [0.5, 0.6) is 0 Å². The van der Waals surface area contributed by atoms with Crippen molar-refractivity contribution in [3.8, 4) is 5.69 Å². The average Bonchev–Trinajstić information content (AvgIpc) is 3.31. The second-order valence-electron chi connectivity index (χ2n) is 8.33. The van der Waals surface area contributed by atoms with E-state index in [1.165, 1.54) is 0 Å². The molecular weight excluding hydrogens is 386 g/mol. The first-order valence-electron chi connectivity index (χ1n) is 10.8. The van der Waals surface area contributed by atoms with Crippen molar-refractivity contribution in [2.24, 2.45) is 5.92 Å². The van der Waals surface area contributed by atoms with Crippen LogP contribution in [0.1, 0.15) is 49.1 Å². The quantitative estimate of drug-likeness (QED) is 0.455. The van der Waals surface area contributed by atoms with Crippen LogP contribution in [0.15, 0.2) is 54.6 Å². The maximum Gasteiger partial charge on any atom is 0.220 e. The molecule has 31 heavy (non-hydrogen) atoms. The maximum atomic E-state index is 12.8. The van der Waals surface area contributed by atoms with Gasteiger partial charge < -0.3 is 10.3 Å². The van der Waals surface area contributed by atoms with Crippen LogP contribution in [0, 0.1) is 19.8 Å². The summed E-state index contributed by atoms with van der Waals surface area (Å²) >= 11 is 0. The summed E-state index contributed by atoms with van der Waals surface area (Å²) in [6, 6.07) is 17.8. The van der Waals surface area contributed by atoms with Gasteiger partial charge >= 0.3 is 0 Å². The van der Waals surface area contributed by atoms with E-state index in [-0.39, 0.29) is 17.9 Å². The molecule has 2 aromatic heterocycles. The molecule has 1 atom stereocenters. The number of H-pyrrole nitrogens is 1. The Kier molecular flexibility index (Phi) is 5.89. The highest BCUT2D eigenvalue weighted by atomic mass is 16.1. The van der Waals surface area contributed by atoms with Crippen molar-refractivity contribution in [1.82, 2.24) is 25.1 Å². The van der Waals surface area contributed by atoms with Gasteiger partial charge in [-0.15, -0.1) is 0 Å². The van der Waals surface area contributed by atoms with Crippen LogP contribution >= 0.6 is 0 Å². The number of fused-ring (bicyclic) bond motifs is 1. The fourth-order valence-corrected chi connectivity index (χ4v) is 4.01. The van der Waals surface area contributed by atoms with Gasteiger partial charge in [0.1, 0.15) is 5.82 Å². The molecule has 160 valence electrons. The molecule has 4 aromatic rings. The lowest BCUT2D eigenvalue weighted by Gasteiger charge is -2.20. The minimum absolute atomic E-state index is 0.0189. The summed E-state index contributed by atoms with van der Waals surface area (Å²) < 4.78 is 1.95. The Bertz CT molecular complexity index is 1160. The summed E-state index contributed by atoms with van der Waals surface area (Å²) in [4.78, 5) is 20.9. The lowest BCUT2D eigenvalue weighted by molar-refractivity contribution is -0.122. The van der Waals surface area contributed by atoms with Gasteiger partial charge in [-0.3, -0.25) is 4.79 Å². The van der Waals surface area contributed by atoms with E-state index in [0.717, 1.165) is 39.5 Å². The highest BCUT2D eigenvalue weighted by Gasteiger charge is 2.22. The topological polar surface area (TPSA) is 75.6 Å². The van der Waals surface area contributed by atoms with E-state index < -0.39 is 0 Å². The molecule has 0 aliphatic heterocycles. The van der Waals surface area contributed by atoms with Crippen molar-refractivity contribution in [3.63, 3.8) is 0 Å². The molecule has 4 rings (SSSR count). The summed E-state index contributed by atoms with van der Waals surface area (Å²) in [5.74, 6) is 1.04. The molecule has 0 fully saturated rings. The number of rotatable bonds is 7. The van der Waals surface area contributed by atoms with Gasteiger partial charge in [0, 0.05) is 12.1 Å². The molecule has 0 radical (unpaired) electrons. The molecule has 6 heteroatoms. The number of aromatic nitrogens is 4. The van der Waals surface area contributed by atoms with Gasteiger partial charge in [0.15, 0.2) is 0 Å². The lowest BCUT2D eigenvalue weighted by atomic mass is 10.0. The van der Waals surface area contributed by atoms with Crippen molar-refractivity contribution >= 4 is 16.9 Å². The smallest absolute Gasteiger partial charge is 0.220 e. The molecule has 1 amide bonds. The highest BCUT2D eigenvalue weighted by Crippen LogP contribution is 2.23. The first-order chi connectivity index (χ1) is 14.9. The molecular formula is C25H29N5O. The molecule has 0 saturated carbocycles. The molecule has 0 unspecified atom stereocenters. The monoisotopic (exact) mass is 415 g/mol. The predicted octanol–water partition coefficient (Wildman–Crippen LogP) is 4.81. The van der Waals surface area contributed by atoms with Gasteiger partial charge in [-0.05, 0) is 56.0 Å². The standard InChI is InChI=1S/C25H29N5O/c1-16(2)24(25-26-21-12-8-9-13-22(21)27-25)28-23(31)15-14-20-17(3)29-30(18(20)4)19-10-6-5-7-11-19/h5-13,16,24H,14-15H2,1-4H3,(H,26,27)(H,28,31)/t24-/m1/s1. The molecule has 0 spiro atoms. The van der Waals surface area contributed by atoms with Crippen LogP contribution < -0.4 is 5.32 Å². The van der Waals surface area contributed by atoms with Gasteiger partial charge in [-0.25, -0.2) is 9.67 Å². The van der Waals surface area contributed by atoms with E-state index >= 15 is 0 Å². The Labute approximate surface area is 182 Å². The van der Waals surface area contributed by atoms with Crippen molar-refractivity contribution in [3.05, 3.63) is 77.4 Å². The number of para-hydroxylation sites is 3. The third-order valence-electron chi connectivity index (χ3n) is 5.73. The Balaban J connectivity index is 1.46. The molecule has 0 aliphatic carbocycles. The van der Waals surface area contributed by atoms with Crippen molar-refractivity contribution in [2.45, 2.75) is 46.6 Å². The molecule has 2 heterocycles. The number of carbonyl (C=O) groups is 1. The molecule has 0 aliphatic rings. The van der Waals surface area contributed by atoms with Gasteiger partial charge in [-0.1, -0.05) is 44.2 Å². The first-order valence-corrected chi connectivity index (χ1v) is 10.8. The number of aryl methyl sites for hydroxylation is 1. The van der Waals surface area contributed by atoms with Crippen LogP contribution in [0.3, 0.4) is 0 Å². The van der Waals surface area contributed by atoms with Gasteiger partial charge in [0.05, 0.1) is 28.5 Å². The Morgan fingerprint density at radius 2 is 1.77 bits per heavy atom. The third kappa shape index (κ3) is 4.38. The minimum Gasteiger partial charge on any atom is -0.346 e. The summed E-state index contributed by atoms with van der Waals surface area (Å²) in [6.07, 6.45) is 1.06. The van der Waals surface area contributed by atoms with E-state index in [1.54, 1.807) is 0 Å². The normalized spacial score (nSPS) is 12.4. The number of carbonyl (C=O) groups excluding carboxylic acids is 1. The SMILES string of the molecule is Cc1nn(-c2ccccc2)c(C)c1CCC(=O)N[C@@H](c1nc2ccccc2[nH]1)C(C)C. The Hall–Kier alpha value is -3.41. The molecule has 2 N–H and O–H groups in total. The summed E-state index contributed by atoms with van der Waals surface area (Å²) in [7, 11) is 0. The van der Waals surface area contributed by atoms with Crippen molar-refractivity contribution in [2.75, 3.05) is 0 Å². The fraction of sp³-hybridized carbons (Fsp3) is 0.320. The number of hydrogen-bond acceptors (Lipinski definition) is 3. The second-order valence-corrected chi connectivity index (χ2v) is 8.33. The summed E-state index contributed by atoms with van der Waals surface area (Å²) in [5, 5.41) is 7.87. The number of nitrogens with zero attached hydrogens (tertiary/aromatic N) is 3. The number of amides is 1. The van der Waals surface area contributed by atoms with Crippen LogP contribution in [0.25, 0.3) is 16.7 Å². The van der Waals surface area contributed by atoms with E-state index in [0.29, 0.717) is 12.8 Å². The summed E-state index contributed by atoms with van der Waals surface area (Å²) in [6.45, 7) is 8.25. The Morgan fingerprint density at radius 1 is 1.06 bits per heavy atom. The van der Waals surface area contributed by atoms with Gasteiger partial charge in [0.2, 0.25) is 5.91 Å². The fourth-order valence-electron chi connectivity index (χ4n) is 4.01. The number of nitrogens with one attached hydrogen (secondary N) is 2. The number of aromatic amines is 1. The lowest BCUT2D eigenvalue weighted by Crippen LogP contribution is -2.32. The van der Waals surface area contributed by atoms with Crippen LogP contribution in [0.2, 0.25) is 0 Å². The maximum absolute atomic E-state index is 12.8. The number of benzene rings is 2. The predicted molar refractivity (Wildman–Crippen MR) is 123 cm³/mol. The molecule has 2 aromatic carbocycles. The Morgan fingerprint density at radius 3 is 2.48 bits per heavy atom. The third-order valence-corrected chi connectivity index (χ3v) is 5.73. The van der Waals surface area contributed by atoms with Crippen LogP contribution in [-0.2, 0) is 11.2 Å². The van der Waals surface area contributed by atoms with Crippen molar-refractivity contribution < 1.29 is 4.79 Å². The highest BCUT2D eigenvalue weighted by molar-refractivity contribution is 5.78. The summed E-state index contributed by atoms with van der Waals surface area (Å²) in [5.41, 5.74) is 6.10. The zero-order chi connectivity index (χ0) is 22.0. The van der Waals surface area contributed by atoms with E-state index in [4.69, 9.17) is 0 Å². The first kappa shape index (κ1) is 20.8. The van der Waals surface area contributed by atoms with E-state index in [1.807, 2.05) is 66.2 Å². The molecule has 6 nitrogen and oxygen atoms in total. The number of imidazole rings is 1. The van der Waals surface area contributed by atoms with Gasteiger partial charge in [0.25, 0.3) is 0 Å². The second kappa shape index (κ2) is 8.76.